The first-order chi connectivity index (χ1) is 11.6. The molecule has 0 bridgehead atoms. The summed E-state index contributed by atoms with van der Waals surface area (Å²) in [5.74, 6) is -0.316. The molecule has 2 amide bonds. The van der Waals surface area contributed by atoms with E-state index in [9.17, 15) is 14.7 Å². The molecular formula is C18H23Cl2N2O3-. The molecule has 2 rings (SSSR count). The summed E-state index contributed by atoms with van der Waals surface area (Å²) in [5, 5.41) is 15.3. The summed E-state index contributed by atoms with van der Waals surface area (Å²) in [5.41, 5.74) is 0.525. The molecule has 7 heteroatoms. The number of carbonyl (C=O) groups is 2. The summed E-state index contributed by atoms with van der Waals surface area (Å²) in [6, 6.07) is 4.89. The second-order valence-corrected chi connectivity index (χ2v) is 8.36. The Balaban J connectivity index is 2.01. The van der Waals surface area contributed by atoms with E-state index in [-0.39, 0.29) is 23.3 Å². The fraction of sp³-hybridized carbons (Fsp3) is 0.556. The number of hydrogen-bond acceptors (Lipinski definition) is 3. The van der Waals surface area contributed by atoms with E-state index in [1.165, 1.54) is 4.90 Å². The van der Waals surface area contributed by atoms with Gasteiger partial charge in [0.1, 0.15) is 6.09 Å². The third-order valence-corrected chi connectivity index (χ3v) is 5.26. The number of carbonyl (C=O) groups excluding carboxylic acids is 2. The second kappa shape index (κ2) is 7.83. The van der Waals surface area contributed by atoms with Gasteiger partial charge in [0.25, 0.3) is 0 Å². The maximum atomic E-state index is 12.5. The predicted octanol–water partition coefficient (Wildman–Crippen LogP) is 3.08. The van der Waals surface area contributed by atoms with Gasteiger partial charge in [-0.1, -0.05) is 50.0 Å². The van der Waals surface area contributed by atoms with Gasteiger partial charge < -0.3 is 20.1 Å². The molecule has 2 unspecified atom stereocenters. The fourth-order valence-corrected chi connectivity index (χ4v) is 3.71. The van der Waals surface area contributed by atoms with Crippen LogP contribution in [0.3, 0.4) is 0 Å². The van der Waals surface area contributed by atoms with Crippen LogP contribution in [-0.2, 0) is 11.3 Å². The zero-order valence-electron chi connectivity index (χ0n) is 14.6. The standard InChI is InChI=1S/C18H24Cl2N2O3/c1-18(2,3)15-8-11(6-7-22(15)17(24)25)16(23)21-10-12-4-5-13(19)9-14(12)20/h4-5,9,11,15H,6-8,10H2,1-3H3,(H,21,23)(H,24,25)/p-1. The molecule has 0 radical (unpaired) electrons. The first-order valence-electron chi connectivity index (χ1n) is 8.29. The molecule has 25 heavy (non-hydrogen) atoms. The minimum Gasteiger partial charge on any atom is -0.530 e. The summed E-state index contributed by atoms with van der Waals surface area (Å²) in [7, 11) is 0. The highest BCUT2D eigenvalue weighted by Crippen LogP contribution is 2.34. The minimum absolute atomic E-state index is 0.0849. The molecular weight excluding hydrogens is 363 g/mol. The SMILES string of the molecule is CC(C)(C)C1CC(C(=O)NCc2ccc(Cl)cc2Cl)CCN1C(=O)[O-]. The predicted molar refractivity (Wildman–Crippen MR) is 96.4 cm³/mol. The van der Waals surface area contributed by atoms with Crippen LogP contribution in [0.2, 0.25) is 10.0 Å². The average Bonchev–Trinajstić information content (AvgIpc) is 2.52. The van der Waals surface area contributed by atoms with Gasteiger partial charge in [-0.15, -0.1) is 0 Å². The molecule has 1 aromatic carbocycles. The van der Waals surface area contributed by atoms with E-state index in [1.54, 1.807) is 18.2 Å². The lowest BCUT2D eigenvalue weighted by molar-refractivity contribution is -0.271. The number of hydrogen-bond donors (Lipinski definition) is 1. The van der Waals surface area contributed by atoms with Crippen molar-refractivity contribution in [3.05, 3.63) is 33.8 Å². The van der Waals surface area contributed by atoms with E-state index in [0.29, 0.717) is 36.0 Å². The van der Waals surface area contributed by atoms with Crippen molar-refractivity contribution in [2.24, 2.45) is 11.3 Å². The molecule has 1 N–H and O–H groups in total. The van der Waals surface area contributed by atoms with Crippen molar-refractivity contribution in [2.45, 2.75) is 46.2 Å². The molecule has 0 saturated carbocycles. The lowest BCUT2D eigenvalue weighted by Gasteiger charge is -2.47. The van der Waals surface area contributed by atoms with Gasteiger partial charge in [0.15, 0.2) is 0 Å². The minimum atomic E-state index is -1.17. The van der Waals surface area contributed by atoms with E-state index in [4.69, 9.17) is 23.2 Å². The Morgan fingerprint density at radius 1 is 1.32 bits per heavy atom. The van der Waals surface area contributed by atoms with Gasteiger partial charge in [-0.05, 0) is 36.0 Å². The fourth-order valence-electron chi connectivity index (χ4n) is 3.23. The Bertz CT molecular complexity index is 658. The molecule has 138 valence electrons. The van der Waals surface area contributed by atoms with E-state index < -0.39 is 6.09 Å². The number of carboxylic acid groups (broad SMARTS) is 1. The van der Waals surface area contributed by atoms with Crippen molar-refractivity contribution < 1.29 is 14.7 Å². The van der Waals surface area contributed by atoms with E-state index in [2.05, 4.69) is 5.32 Å². The summed E-state index contributed by atoms with van der Waals surface area (Å²) >= 11 is 12.0. The highest BCUT2D eigenvalue weighted by atomic mass is 35.5. The van der Waals surface area contributed by atoms with Gasteiger partial charge in [0.05, 0.1) is 0 Å². The largest absolute Gasteiger partial charge is 0.530 e. The maximum absolute atomic E-state index is 12.5. The maximum Gasteiger partial charge on any atom is 0.223 e. The Hall–Kier alpha value is -1.46. The number of nitrogens with zero attached hydrogens (tertiary/aromatic N) is 1. The summed E-state index contributed by atoms with van der Waals surface area (Å²) in [6.07, 6.45) is -0.204. The van der Waals surface area contributed by atoms with Gasteiger partial charge in [0, 0.05) is 35.1 Å². The van der Waals surface area contributed by atoms with Crippen LogP contribution < -0.4 is 10.4 Å². The normalized spacial score (nSPS) is 21.1. The van der Waals surface area contributed by atoms with Crippen LogP contribution in [0.4, 0.5) is 4.79 Å². The molecule has 1 aliphatic rings. The number of amides is 2. The van der Waals surface area contributed by atoms with Gasteiger partial charge >= 0.3 is 0 Å². The first-order valence-corrected chi connectivity index (χ1v) is 9.04. The zero-order chi connectivity index (χ0) is 18.8. The molecule has 1 fully saturated rings. The molecule has 0 aromatic heterocycles. The number of piperidine rings is 1. The summed E-state index contributed by atoms with van der Waals surface area (Å²) < 4.78 is 0. The lowest BCUT2D eigenvalue weighted by Crippen LogP contribution is -2.57. The molecule has 1 saturated heterocycles. The molecule has 5 nitrogen and oxygen atoms in total. The van der Waals surface area contributed by atoms with E-state index in [1.807, 2.05) is 20.8 Å². The van der Waals surface area contributed by atoms with Gasteiger partial charge in [0.2, 0.25) is 5.91 Å². The van der Waals surface area contributed by atoms with Crippen LogP contribution in [0.15, 0.2) is 18.2 Å². The van der Waals surface area contributed by atoms with E-state index in [0.717, 1.165) is 5.56 Å². The number of likely N-dealkylation sites (tertiary alicyclic amines) is 1. The van der Waals surface area contributed by atoms with Crippen LogP contribution >= 0.6 is 23.2 Å². The Morgan fingerprint density at radius 3 is 2.56 bits per heavy atom. The lowest BCUT2D eigenvalue weighted by atomic mass is 9.77. The van der Waals surface area contributed by atoms with Crippen molar-refractivity contribution in [2.75, 3.05) is 6.54 Å². The van der Waals surface area contributed by atoms with E-state index >= 15 is 0 Å². The highest BCUT2D eigenvalue weighted by Gasteiger charge is 2.38. The van der Waals surface area contributed by atoms with Crippen molar-refractivity contribution in [1.82, 2.24) is 10.2 Å². The third-order valence-electron chi connectivity index (χ3n) is 4.68. The zero-order valence-corrected chi connectivity index (χ0v) is 16.2. The van der Waals surface area contributed by atoms with Gasteiger partial charge in [-0.3, -0.25) is 4.79 Å². The van der Waals surface area contributed by atoms with Crippen molar-refractivity contribution in [3.63, 3.8) is 0 Å². The van der Waals surface area contributed by atoms with Crippen LogP contribution in [0.5, 0.6) is 0 Å². The van der Waals surface area contributed by atoms with Crippen molar-refractivity contribution in [3.8, 4) is 0 Å². The van der Waals surface area contributed by atoms with Crippen LogP contribution in [0, 0.1) is 11.3 Å². The van der Waals surface area contributed by atoms with Gasteiger partial charge in [-0.2, -0.15) is 0 Å². The number of benzene rings is 1. The summed E-state index contributed by atoms with van der Waals surface area (Å²) in [6.45, 7) is 6.55. The van der Waals surface area contributed by atoms with Crippen LogP contribution in [0.25, 0.3) is 0 Å². The number of nitrogens with one attached hydrogen (secondary N) is 1. The molecule has 1 heterocycles. The van der Waals surface area contributed by atoms with Gasteiger partial charge in [-0.25, -0.2) is 0 Å². The van der Waals surface area contributed by atoms with Crippen molar-refractivity contribution in [1.29, 1.82) is 0 Å². The number of halogens is 2. The second-order valence-electron chi connectivity index (χ2n) is 7.52. The van der Waals surface area contributed by atoms with Crippen molar-refractivity contribution >= 4 is 35.2 Å². The topological polar surface area (TPSA) is 72.5 Å². The molecule has 0 spiro atoms. The Morgan fingerprint density at radius 2 is 2.00 bits per heavy atom. The van der Waals surface area contributed by atoms with Crippen LogP contribution in [0.1, 0.15) is 39.2 Å². The quantitative estimate of drug-likeness (QED) is 0.868. The average molecular weight is 386 g/mol. The molecule has 1 aromatic rings. The highest BCUT2D eigenvalue weighted by molar-refractivity contribution is 6.35. The first kappa shape index (κ1) is 19.9. The molecule has 0 aliphatic carbocycles. The third kappa shape index (κ3) is 5.02. The number of rotatable bonds is 3. The molecule has 1 aliphatic heterocycles. The Labute approximate surface area is 158 Å². The smallest absolute Gasteiger partial charge is 0.223 e. The molecule has 2 atom stereocenters. The summed E-state index contributed by atoms with van der Waals surface area (Å²) in [4.78, 5) is 25.2. The monoisotopic (exact) mass is 385 g/mol. The van der Waals surface area contributed by atoms with Crippen LogP contribution in [-0.4, -0.2) is 29.5 Å². The Kier molecular flexibility index (Phi) is 6.22.